The molecule has 19 heavy (non-hydrogen) atoms. The number of nitrogens with one attached hydrogen (secondary N) is 1. The fourth-order valence-corrected chi connectivity index (χ4v) is 1.80. The van der Waals surface area contributed by atoms with Gasteiger partial charge in [0.15, 0.2) is 0 Å². The van der Waals surface area contributed by atoms with Crippen molar-refractivity contribution >= 4 is 29.1 Å². The fourth-order valence-electron chi connectivity index (χ4n) is 1.69. The van der Waals surface area contributed by atoms with Gasteiger partial charge in [-0.3, -0.25) is 9.59 Å². The molecule has 6 heteroatoms. The quantitative estimate of drug-likeness (QED) is 0.816. The van der Waals surface area contributed by atoms with Crippen LogP contribution in [0.15, 0.2) is 18.2 Å². The number of amides is 2. The zero-order valence-electron chi connectivity index (χ0n) is 10.6. The highest BCUT2D eigenvalue weighted by atomic mass is 35.5. The van der Waals surface area contributed by atoms with Gasteiger partial charge in [0.25, 0.3) is 5.91 Å². The lowest BCUT2D eigenvalue weighted by Crippen LogP contribution is -2.39. The molecule has 0 spiro atoms. The van der Waals surface area contributed by atoms with E-state index in [1.807, 2.05) is 0 Å². The van der Waals surface area contributed by atoms with E-state index in [4.69, 9.17) is 17.3 Å². The zero-order valence-corrected chi connectivity index (χ0v) is 11.4. The SMILES string of the molecule is CN(CC(=O)NC1CC1)C(=O)c1ccc(Cl)c(N)c1. The summed E-state index contributed by atoms with van der Waals surface area (Å²) in [4.78, 5) is 25.1. The molecule has 0 bridgehead atoms. The Kier molecular flexibility index (Phi) is 3.95. The molecule has 1 aliphatic carbocycles. The summed E-state index contributed by atoms with van der Waals surface area (Å²) < 4.78 is 0. The molecular weight excluding hydrogens is 266 g/mol. The van der Waals surface area contributed by atoms with Crippen molar-refractivity contribution in [3.05, 3.63) is 28.8 Å². The van der Waals surface area contributed by atoms with Crippen molar-refractivity contribution in [3.8, 4) is 0 Å². The number of hydrogen-bond donors (Lipinski definition) is 2. The van der Waals surface area contributed by atoms with E-state index in [0.29, 0.717) is 22.3 Å². The zero-order chi connectivity index (χ0) is 14.0. The van der Waals surface area contributed by atoms with Crippen LogP contribution in [0.3, 0.4) is 0 Å². The molecule has 2 amide bonds. The lowest BCUT2D eigenvalue weighted by atomic mass is 10.2. The molecule has 1 fully saturated rings. The van der Waals surface area contributed by atoms with Crippen LogP contribution < -0.4 is 11.1 Å². The summed E-state index contributed by atoms with van der Waals surface area (Å²) in [5.74, 6) is -0.394. The van der Waals surface area contributed by atoms with Crippen LogP contribution in [0.4, 0.5) is 5.69 Å². The Hall–Kier alpha value is -1.75. The standard InChI is InChI=1S/C13H16ClN3O2/c1-17(7-12(18)16-9-3-4-9)13(19)8-2-5-10(14)11(15)6-8/h2,5-6,9H,3-4,7,15H2,1H3,(H,16,18). The van der Waals surface area contributed by atoms with E-state index >= 15 is 0 Å². The van der Waals surface area contributed by atoms with Gasteiger partial charge < -0.3 is 16.0 Å². The largest absolute Gasteiger partial charge is 0.398 e. The Balaban J connectivity index is 1.97. The lowest BCUT2D eigenvalue weighted by molar-refractivity contribution is -0.121. The smallest absolute Gasteiger partial charge is 0.254 e. The van der Waals surface area contributed by atoms with Crippen molar-refractivity contribution in [2.24, 2.45) is 0 Å². The van der Waals surface area contributed by atoms with Gasteiger partial charge in [-0.15, -0.1) is 0 Å². The Morgan fingerprint density at radius 3 is 2.74 bits per heavy atom. The summed E-state index contributed by atoms with van der Waals surface area (Å²) in [5, 5.41) is 3.24. The molecule has 3 N–H and O–H groups in total. The maximum absolute atomic E-state index is 12.1. The topological polar surface area (TPSA) is 75.4 Å². The van der Waals surface area contributed by atoms with Crippen LogP contribution in [-0.2, 0) is 4.79 Å². The maximum atomic E-state index is 12.1. The second-order valence-corrected chi connectivity index (χ2v) is 5.15. The Morgan fingerprint density at radius 2 is 2.16 bits per heavy atom. The number of nitrogens with two attached hydrogens (primary N) is 1. The number of benzene rings is 1. The third kappa shape index (κ3) is 3.61. The molecule has 0 saturated heterocycles. The highest BCUT2D eigenvalue weighted by molar-refractivity contribution is 6.33. The monoisotopic (exact) mass is 281 g/mol. The number of likely N-dealkylation sites (N-methyl/N-ethyl adjacent to an activating group) is 1. The van der Waals surface area contributed by atoms with Crippen LogP contribution in [0.2, 0.25) is 5.02 Å². The molecular formula is C13H16ClN3O2. The van der Waals surface area contributed by atoms with Gasteiger partial charge in [-0.05, 0) is 31.0 Å². The number of nitrogens with zero attached hydrogens (tertiary/aromatic N) is 1. The predicted octanol–water partition coefficient (Wildman–Crippen LogP) is 1.27. The third-order valence-electron chi connectivity index (χ3n) is 2.91. The first-order chi connectivity index (χ1) is 8.97. The Labute approximate surface area is 116 Å². The molecule has 0 unspecified atom stereocenters. The highest BCUT2D eigenvalue weighted by Crippen LogP contribution is 2.20. The molecule has 5 nitrogen and oxygen atoms in total. The minimum atomic E-state index is -0.255. The second kappa shape index (κ2) is 5.48. The predicted molar refractivity (Wildman–Crippen MR) is 74.0 cm³/mol. The average molecular weight is 282 g/mol. The van der Waals surface area contributed by atoms with Crippen molar-refractivity contribution in [1.29, 1.82) is 0 Å². The van der Waals surface area contributed by atoms with E-state index in [1.54, 1.807) is 19.2 Å². The molecule has 0 aliphatic heterocycles. The number of halogens is 1. The van der Waals surface area contributed by atoms with Crippen molar-refractivity contribution < 1.29 is 9.59 Å². The minimum Gasteiger partial charge on any atom is -0.398 e. The first-order valence-electron chi connectivity index (χ1n) is 6.07. The molecule has 102 valence electrons. The van der Waals surface area contributed by atoms with E-state index in [2.05, 4.69) is 5.32 Å². The number of hydrogen-bond acceptors (Lipinski definition) is 3. The van der Waals surface area contributed by atoms with E-state index in [-0.39, 0.29) is 18.4 Å². The summed E-state index contributed by atoms with van der Waals surface area (Å²) in [6.07, 6.45) is 2.05. The molecule has 2 rings (SSSR count). The number of anilines is 1. The van der Waals surface area contributed by atoms with Crippen LogP contribution in [0, 0.1) is 0 Å². The fraction of sp³-hybridized carbons (Fsp3) is 0.385. The van der Waals surface area contributed by atoms with Crippen LogP contribution in [0.25, 0.3) is 0 Å². The molecule has 1 saturated carbocycles. The second-order valence-electron chi connectivity index (χ2n) is 4.74. The molecule has 1 aromatic carbocycles. The molecule has 1 aromatic rings. The molecule has 0 aromatic heterocycles. The van der Waals surface area contributed by atoms with Crippen molar-refractivity contribution in [3.63, 3.8) is 0 Å². The normalized spacial score (nSPS) is 14.0. The van der Waals surface area contributed by atoms with E-state index < -0.39 is 0 Å². The molecule has 0 heterocycles. The van der Waals surface area contributed by atoms with Crippen molar-refractivity contribution in [2.45, 2.75) is 18.9 Å². The van der Waals surface area contributed by atoms with E-state index in [0.717, 1.165) is 12.8 Å². The summed E-state index contributed by atoms with van der Waals surface area (Å²) in [6, 6.07) is 4.97. The Morgan fingerprint density at radius 1 is 1.47 bits per heavy atom. The number of carbonyl (C=O) groups excluding carboxylic acids is 2. The van der Waals surface area contributed by atoms with Gasteiger partial charge in [0, 0.05) is 18.7 Å². The lowest BCUT2D eigenvalue weighted by Gasteiger charge is -2.17. The first-order valence-corrected chi connectivity index (χ1v) is 6.45. The van der Waals surface area contributed by atoms with Gasteiger partial charge >= 0.3 is 0 Å². The van der Waals surface area contributed by atoms with Crippen LogP contribution in [0.5, 0.6) is 0 Å². The summed E-state index contributed by atoms with van der Waals surface area (Å²) >= 11 is 5.80. The van der Waals surface area contributed by atoms with E-state index in [9.17, 15) is 9.59 Å². The van der Waals surface area contributed by atoms with Gasteiger partial charge in [-0.1, -0.05) is 11.6 Å². The Bertz CT molecular complexity index is 515. The van der Waals surface area contributed by atoms with Crippen LogP contribution in [-0.4, -0.2) is 36.3 Å². The summed E-state index contributed by atoms with van der Waals surface area (Å²) in [6.45, 7) is 0.0395. The van der Waals surface area contributed by atoms with E-state index in [1.165, 1.54) is 11.0 Å². The molecule has 1 aliphatic rings. The van der Waals surface area contributed by atoms with Gasteiger partial charge in [0.05, 0.1) is 17.3 Å². The summed E-state index contributed by atoms with van der Waals surface area (Å²) in [5.41, 5.74) is 6.42. The number of rotatable bonds is 4. The van der Waals surface area contributed by atoms with Crippen LogP contribution >= 0.6 is 11.6 Å². The highest BCUT2D eigenvalue weighted by Gasteiger charge is 2.24. The number of carbonyl (C=O) groups is 2. The maximum Gasteiger partial charge on any atom is 0.254 e. The van der Waals surface area contributed by atoms with Gasteiger partial charge in [0.1, 0.15) is 0 Å². The van der Waals surface area contributed by atoms with Crippen molar-refractivity contribution in [2.75, 3.05) is 19.3 Å². The minimum absolute atomic E-state index is 0.0395. The molecule has 0 atom stereocenters. The molecule has 0 radical (unpaired) electrons. The van der Waals surface area contributed by atoms with Crippen LogP contribution in [0.1, 0.15) is 23.2 Å². The third-order valence-corrected chi connectivity index (χ3v) is 3.26. The number of nitrogen functional groups attached to an aromatic ring is 1. The van der Waals surface area contributed by atoms with Gasteiger partial charge in [0.2, 0.25) is 5.91 Å². The van der Waals surface area contributed by atoms with Gasteiger partial charge in [-0.2, -0.15) is 0 Å². The first kappa shape index (κ1) is 13.7. The van der Waals surface area contributed by atoms with Gasteiger partial charge in [-0.25, -0.2) is 0 Å². The van der Waals surface area contributed by atoms with Crippen molar-refractivity contribution in [1.82, 2.24) is 10.2 Å². The summed E-state index contributed by atoms with van der Waals surface area (Å²) in [7, 11) is 1.58. The average Bonchev–Trinajstić information content (AvgIpc) is 3.15.